The molecule has 0 aliphatic rings. The molecule has 0 unspecified atom stereocenters. The number of rotatable bonds is 3. The topological polar surface area (TPSA) is 31.4 Å². The van der Waals surface area contributed by atoms with Crippen LogP contribution in [0, 0.1) is 0 Å². The van der Waals surface area contributed by atoms with Gasteiger partial charge in [-0.15, -0.1) is 0 Å². The van der Waals surface area contributed by atoms with Crippen LogP contribution in [-0.2, 0) is 0 Å². The Morgan fingerprint density at radius 1 is 0.944 bits per heavy atom. The molecular formula is C12H8Br3NO2. The first-order chi connectivity index (χ1) is 8.61. The first-order valence-corrected chi connectivity index (χ1v) is 7.30. The van der Waals surface area contributed by atoms with E-state index < -0.39 is 0 Å². The van der Waals surface area contributed by atoms with Gasteiger partial charge in [-0.2, -0.15) is 0 Å². The van der Waals surface area contributed by atoms with Gasteiger partial charge in [0, 0.05) is 18.5 Å². The average Bonchev–Trinajstić information content (AvgIpc) is 2.36. The molecule has 0 atom stereocenters. The van der Waals surface area contributed by atoms with E-state index in [1.165, 1.54) is 0 Å². The molecule has 0 saturated carbocycles. The van der Waals surface area contributed by atoms with Crippen molar-refractivity contribution < 1.29 is 9.47 Å². The highest BCUT2D eigenvalue weighted by Crippen LogP contribution is 2.39. The van der Waals surface area contributed by atoms with Crippen molar-refractivity contribution in [2.75, 3.05) is 7.11 Å². The lowest BCUT2D eigenvalue weighted by atomic mass is 10.3. The summed E-state index contributed by atoms with van der Waals surface area (Å²) in [4.78, 5) is 3.99. The Bertz CT molecular complexity index is 575. The van der Waals surface area contributed by atoms with Crippen molar-refractivity contribution >= 4 is 47.8 Å². The molecule has 0 radical (unpaired) electrons. The molecule has 3 nitrogen and oxygen atoms in total. The van der Waals surface area contributed by atoms with Gasteiger partial charge in [-0.05, 0) is 59.9 Å². The number of aromatic nitrogens is 1. The molecule has 2 aromatic rings. The zero-order valence-electron chi connectivity index (χ0n) is 9.28. The Labute approximate surface area is 130 Å². The first-order valence-electron chi connectivity index (χ1n) is 4.92. The van der Waals surface area contributed by atoms with Gasteiger partial charge < -0.3 is 9.47 Å². The summed E-state index contributed by atoms with van der Waals surface area (Å²) < 4.78 is 13.4. The van der Waals surface area contributed by atoms with Crippen LogP contribution in [0.3, 0.4) is 0 Å². The van der Waals surface area contributed by atoms with Crippen LogP contribution in [0.15, 0.2) is 44.0 Å². The van der Waals surface area contributed by atoms with E-state index >= 15 is 0 Å². The summed E-state index contributed by atoms with van der Waals surface area (Å²) in [6, 6.07) is 5.47. The van der Waals surface area contributed by atoms with Crippen molar-refractivity contribution in [2.24, 2.45) is 0 Å². The molecule has 18 heavy (non-hydrogen) atoms. The normalized spacial score (nSPS) is 10.2. The zero-order chi connectivity index (χ0) is 13.1. The van der Waals surface area contributed by atoms with E-state index in [0.717, 1.165) is 19.2 Å². The van der Waals surface area contributed by atoms with Crippen LogP contribution in [-0.4, -0.2) is 12.1 Å². The van der Waals surface area contributed by atoms with Crippen LogP contribution in [0.1, 0.15) is 0 Å². The largest absolute Gasteiger partial charge is 0.496 e. The van der Waals surface area contributed by atoms with Crippen molar-refractivity contribution in [1.82, 2.24) is 4.98 Å². The number of hydrogen-bond acceptors (Lipinski definition) is 3. The van der Waals surface area contributed by atoms with Gasteiger partial charge in [0.05, 0.1) is 20.5 Å². The van der Waals surface area contributed by atoms with Crippen molar-refractivity contribution in [1.29, 1.82) is 0 Å². The second-order valence-corrected chi connectivity index (χ2v) is 5.89. The van der Waals surface area contributed by atoms with E-state index in [1.807, 2.05) is 12.1 Å². The van der Waals surface area contributed by atoms with E-state index in [-0.39, 0.29) is 0 Å². The van der Waals surface area contributed by atoms with Crippen LogP contribution >= 0.6 is 47.8 Å². The van der Waals surface area contributed by atoms with Crippen molar-refractivity contribution in [3.63, 3.8) is 0 Å². The smallest absolute Gasteiger partial charge is 0.144 e. The Hall–Kier alpha value is -0.590. The predicted molar refractivity (Wildman–Crippen MR) is 80.4 cm³/mol. The lowest BCUT2D eigenvalue weighted by Crippen LogP contribution is -1.90. The molecule has 1 heterocycles. The molecule has 0 fully saturated rings. The summed E-state index contributed by atoms with van der Waals surface area (Å²) in [5, 5.41) is 0. The van der Waals surface area contributed by atoms with Crippen molar-refractivity contribution in [3.05, 3.63) is 44.0 Å². The third kappa shape index (κ3) is 3.05. The summed E-state index contributed by atoms with van der Waals surface area (Å²) >= 11 is 10.3. The van der Waals surface area contributed by atoms with Gasteiger partial charge in [0.2, 0.25) is 0 Å². The number of pyridine rings is 1. The minimum atomic E-state index is 0.689. The second-order valence-electron chi connectivity index (χ2n) is 3.33. The van der Waals surface area contributed by atoms with Gasteiger partial charge in [-0.25, -0.2) is 0 Å². The van der Waals surface area contributed by atoms with Crippen LogP contribution in [0.25, 0.3) is 0 Å². The molecule has 0 bridgehead atoms. The van der Waals surface area contributed by atoms with Crippen LogP contribution < -0.4 is 9.47 Å². The highest BCUT2D eigenvalue weighted by Gasteiger charge is 2.10. The second kappa shape index (κ2) is 6.04. The van der Waals surface area contributed by atoms with Gasteiger partial charge in [0.15, 0.2) is 0 Å². The summed E-state index contributed by atoms with van der Waals surface area (Å²) in [5.41, 5.74) is 0. The van der Waals surface area contributed by atoms with Crippen LogP contribution in [0.2, 0.25) is 0 Å². The molecule has 0 aliphatic heterocycles. The highest BCUT2D eigenvalue weighted by atomic mass is 79.9. The Morgan fingerprint density at radius 3 is 2.28 bits per heavy atom. The molecule has 1 aromatic carbocycles. The SMILES string of the molecule is COc1cc(Br)c(Oc2ccncc2Br)cc1Br. The maximum Gasteiger partial charge on any atom is 0.144 e. The number of ether oxygens (including phenoxy) is 2. The Balaban J connectivity index is 2.35. The zero-order valence-corrected chi connectivity index (χ0v) is 14.0. The summed E-state index contributed by atoms with van der Waals surface area (Å²) in [6.45, 7) is 0. The molecular weight excluding hydrogens is 430 g/mol. The fourth-order valence-corrected chi connectivity index (χ4v) is 2.53. The Kier molecular flexibility index (Phi) is 4.64. The van der Waals surface area contributed by atoms with Crippen molar-refractivity contribution in [2.45, 2.75) is 0 Å². The quantitative estimate of drug-likeness (QED) is 0.663. The Morgan fingerprint density at radius 2 is 1.61 bits per heavy atom. The summed E-state index contributed by atoms with van der Waals surface area (Å²) in [6.07, 6.45) is 3.36. The molecule has 94 valence electrons. The predicted octanol–water partition coefficient (Wildman–Crippen LogP) is 5.17. The average molecular weight is 438 g/mol. The molecule has 6 heteroatoms. The maximum atomic E-state index is 5.80. The molecule has 0 saturated heterocycles. The number of benzene rings is 1. The number of nitrogens with zero attached hydrogens (tertiary/aromatic N) is 1. The minimum Gasteiger partial charge on any atom is -0.496 e. The molecule has 0 N–H and O–H groups in total. The fraction of sp³-hybridized carbons (Fsp3) is 0.0833. The highest BCUT2D eigenvalue weighted by molar-refractivity contribution is 9.11. The third-order valence-electron chi connectivity index (χ3n) is 2.16. The number of halogens is 3. The molecule has 2 rings (SSSR count). The van der Waals surface area contributed by atoms with E-state index in [1.54, 1.807) is 25.6 Å². The van der Waals surface area contributed by atoms with E-state index in [2.05, 4.69) is 52.8 Å². The number of hydrogen-bond donors (Lipinski definition) is 0. The van der Waals surface area contributed by atoms with E-state index in [9.17, 15) is 0 Å². The molecule has 1 aromatic heterocycles. The third-order valence-corrected chi connectivity index (χ3v) is 4.00. The van der Waals surface area contributed by atoms with E-state index in [0.29, 0.717) is 11.5 Å². The molecule has 0 aliphatic carbocycles. The maximum absolute atomic E-state index is 5.80. The lowest BCUT2D eigenvalue weighted by molar-refractivity contribution is 0.409. The molecule has 0 amide bonds. The summed E-state index contributed by atoms with van der Waals surface area (Å²) in [5.74, 6) is 2.13. The van der Waals surface area contributed by atoms with Crippen LogP contribution in [0.5, 0.6) is 17.2 Å². The lowest BCUT2D eigenvalue weighted by Gasteiger charge is -2.11. The number of methoxy groups -OCH3 is 1. The van der Waals surface area contributed by atoms with Gasteiger partial charge >= 0.3 is 0 Å². The van der Waals surface area contributed by atoms with Gasteiger partial charge in [0.25, 0.3) is 0 Å². The first kappa shape index (κ1) is 13.8. The van der Waals surface area contributed by atoms with E-state index in [4.69, 9.17) is 9.47 Å². The summed E-state index contributed by atoms with van der Waals surface area (Å²) in [7, 11) is 1.62. The standard InChI is InChI=1S/C12H8Br3NO2/c1-17-11-4-8(14)12(5-7(11)13)18-10-2-3-16-6-9(10)15/h2-6H,1H3. The van der Waals surface area contributed by atoms with Crippen molar-refractivity contribution in [3.8, 4) is 17.2 Å². The molecule has 0 spiro atoms. The fourth-order valence-electron chi connectivity index (χ4n) is 1.31. The monoisotopic (exact) mass is 435 g/mol. The van der Waals surface area contributed by atoms with Crippen LogP contribution in [0.4, 0.5) is 0 Å². The van der Waals surface area contributed by atoms with Gasteiger partial charge in [-0.1, -0.05) is 0 Å². The minimum absolute atomic E-state index is 0.689. The van der Waals surface area contributed by atoms with Gasteiger partial charge in [-0.3, -0.25) is 4.98 Å². The van der Waals surface area contributed by atoms with Gasteiger partial charge in [0.1, 0.15) is 17.2 Å².